The summed E-state index contributed by atoms with van der Waals surface area (Å²) >= 11 is 3.29. The second-order valence-corrected chi connectivity index (χ2v) is 9.11. The van der Waals surface area contributed by atoms with Gasteiger partial charge in [-0.05, 0) is 48.9 Å². The first kappa shape index (κ1) is 18.8. The van der Waals surface area contributed by atoms with Crippen LogP contribution in [0.15, 0.2) is 46.9 Å². The minimum Gasteiger partial charge on any atom is -0.337 e. The third-order valence-electron chi connectivity index (χ3n) is 4.26. The standard InChI is InChI=1S/C18H18BrFN2O3S/c1-21(12-14-11-15(19)5-8-17(14)20)18(23)13-3-6-16(7-4-13)22-9-2-10-26(22,24)25/h3-8,11H,2,9-10,12H2,1H3. The molecule has 1 amide bonds. The zero-order valence-electron chi connectivity index (χ0n) is 14.2. The number of rotatable bonds is 4. The van der Waals surface area contributed by atoms with E-state index in [1.807, 2.05) is 0 Å². The maximum atomic E-state index is 13.9. The maximum absolute atomic E-state index is 13.9. The van der Waals surface area contributed by atoms with Crippen LogP contribution < -0.4 is 4.31 Å². The van der Waals surface area contributed by atoms with Gasteiger partial charge in [0, 0.05) is 35.7 Å². The quantitative estimate of drug-likeness (QED) is 0.731. The van der Waals surface area contributed by atoms with Gasteiger partial charge in [-0.1, -0.05) is 15.9 Å². The molecule has 0 aliphatic carbocycles. The first-order chi connectivity index (χ1) is 12.3. The number of halogens is 2. The molecule has 0 unspecified atom stereocenters. The first-order valence-electron chi connectivity index (χ1n) is 8.08. The lowest BCUT2D eigenvalue weighted by Crippen LogP contribution is -2.27. The number of anilines is 1. The van der Waals surface area contributed by atoms with Crippen molar-refractivity contribution in [2.45, 2.75) is 13.0 Å². The second-order valence-electron chi connectivity index (χ2n) is 6.19. The molecule has 1 fully saturated rings. The van der Waals surface area contributed by atoms with Crippen molar-refractivity contribution >= 4 is 37.5 Å². The summed E-state index contributed by atoms with van der Waals surface area (Å²) in [7, 11) is -1.65. The topological polar surface area (TPSA) is 57.7 Å². The van der Waals surface area contributed by atoms with Crippen LogP contribution in [0, 0.1) is 5.82 Å². The summed E-state index contributed by atoms with van der Waals surface area (Å²) in [4.78, 5) is 14.0. The van der Waals surface area contributed by atoms with E-state index in [1.54, 1.807) is 43.4 Å². The first-order valence-corrected chi connectivity index (χ1v) is 10.5. The van der Waals surface area contributed by atoms with Crippen molar-refractivity contribution in [2.75, 3.05) is 23.7 Å². The molecule has 5 nitrogen and oxygen atoms in total. The Hall–Kier alpha value is -1.93. The molecule has 0 aromatic heterocycles. The Kier molecular flexibility index (Phi) is 5.34. The molecular weight excluding hydrogens is 423 g/mol. The average Bonchev–Trinajstić information content (AvgIpc) is 2.96. The summed E-state index contributed by atoms with van der Waals surface area (Å²) in [6.07, 6.45) is 0.601. The summed E-state index contributed by atoms with van der Waals surface area (Å²) in [6, 6.07) is 11.0. The monoisotopic (exact) mass is 440 g/mol. The Labute approximate surface area is 160 Å². The summed E-state index contributed by atoms with van der Waals surface area (Å²) < 4.78 is 39.9. The number of hydrogen-bond acceptors (Lipinski definition) is 3. The van der Waals surface area contributed by atoms with Crippen molar-refractivity contribution in [1.29, 1.82) is 0 Å². The number of hydrogen-bond donors (Lipinski definition) is 0. The summed E-state index contributed by atoms with van der Waals surface area (Å²) in [5.41, 5.74) is 1.39. The maximum Gasteiger partial charge on any atom is 0.253 e. The zero-order chi connectivity index (χ0) is 18.9. The molecule has 0 spiro atoms. The molecular formula is C18H18BrFN2O3S. The molecule has 0 atom stereocenters. The van der Waals surface area contributed by atoms with E-state index in [0.29, 0.717) is 29.8 Å². The SMILES string of the molecule is CN(Cc1cc(Br)ccc1F)C(=O)c1ccc(N2CCCS2(=O)=O)cc1. The number of carbonyl (C=O) groups is 1. The van der Waals surface area contributed by atoms with E-state index in [9.17, 15) is 17.6 Å². The van der Waals surface area contributed by atoms with Gasteiger partial charge < -0.3 is 4.90 Å². The van der Waals surface area contributed by atoms with Crippen LogP contribution in [0.25, 0.3) is 0 Å². The van der Waals surface area contributed by atoms with E-state index < -0.39 is 10.0 Å². The highest BCUT2D eigenvalue weighted by Crippen LogP contribution is 2.24. The summed E-state index contributed by atoms with van der Waals surface area (Å²) in [6.45, 7) is 0.587. The van der Waals surface area contributed by atoms with Crippen LogP contribution in [0.4, 0.5) is 10.1 Å². The highest BCUT2D eigenvalue weighted by Gasteiger charge is 2.28. The summed E-state index contributed by atoms with van der Waals surface area (Å²) in [5, 5.41) is 0. The molecule has 8 heteroatoms. The molecule has 26 heavy (non-hydrogen) atoms. The fraction of sp³-hybridized carbons (Fsp3) is 0.278. The van der Waals surface area contributed by atoms with E-state index >= 15 is 0 Å². The van der Waals surface area contributed by atoms with Crippen LogP contribution in [-0.2, 0) is 16.6 Å². The molecule has 1 aliphatic rings. The van der Waals surface area contributed by atoms with Gasteiger partial charge >= 0.3 is 0 Å². The highest BCUT2D eigenvalue weighted by atomic mass is 79.9. The zero-order valence-corrected chi connectivity index (χ0v) is 16.6. The smallest absolute Gasteiger partial charge is 0.253 e. The van der Waals surface area contributed by atoms with Crippen LogP contribution in [0.2, 0.25) is 0 Å². The van der Waals surface area contributed by atoms with Crippen molar-refractivity contribution in [1.82, 2.24) is 4.90 Å². The predicted octanol–water partition coefficient (Wildman–Crippen LogP) is 3.40. The van der Waals surface area contributed by atoms with Gasteiger partial charge in [-0.3, -0.25) is 9.10 Å². The van der Waals surface area contributed by atoms with Crippen molar-refractivity contribution in [3.63, 3.8) is 0 Å². The minimum atomic E-state index is -3.25. The van der Waals surface area contributed by atoms with Gasteiger partial charge in [0.05, 0.1) is 11.4 Å². The number of amides is 1. The van der Waals surface area contributed by atoms with Crippen LogP contribution in [-0.4, -0.2) is 38.6 Å². The van der Waals surface area contributed by atoms with E-state index in [4.69, 9.17) is 0 Å². The lowest BCUT2D eigenvalue weighted by Gasteiger charge is -2.20. The molecule has 1 aliphatic heterocycles. The van der Waals surface area contributed by atoms with Crippen molar-refractivity contribution in [2.24, 2.45) is 0 Å². The van der Waals surface area contributed by atoms with Crippen molar-refractivity contribution in [3.8, 4) is 0 Å². The van der Waals surface area contributed by atoms with E-state index in [0.717, 1.165) is 4.47 Å². The van der Waals surface area contributed by atoms with Crippen LogP contribution in [0.5, 0.6) is 0 Å². The molecule has 0 bridgehead atoms. The van der Waals surface area contributed by atoms with E-state index in [-0.39, 0.29) is 24.0 Å². The van der Waals surface area contributed by atoms with Gasteiger partial charge in [0.2, 0.25) is 10.0 Å². The molecule has 2 aromatic rings. The van der Waals surface area contributed by atoms with Gasteiger partial charge in [0.1, 0.15) is 5.82 Å². The Morgan fingerprint density at radius 1 is 1.23 bits per heavy atom. The average molecular weight is 441 g/mol. The number of sulfonamides is 1. The fourth-order valence-electron chi connectivity index (χ4n) is 2.91. The van der Waals surface area contributed by atoms with E-state index in [2.05, 4.69) is 15.9 Å². The van der Waals surface area contributed by atoms with E-state index in [1.165, 1.54) is 15.3 Å². The molecule has 1 saturated heterocycles. The molecule has 2 aromatic carbocycles. The van der Waals surface area contributed by atoms with Crippen LogP contribution in [0.1, 0.15) is 22.3 Å². The third kappa shape index (κ3) is 3.91. The fourth-order valence-corrected chi connectivity index (χ4v) is 4.88. The van der Waals surface area contributed by atoms with Crippen LogP contribution >= 0.6 is 15.9 Å². The number of carbonyl (C=O) groups excluding carboxylic acids is 1. The molecule has 138 valence electrons. The summed E-state index contributed by atoms with van der Waals surface area (Å²) in [5.74, 6) is -0.489. The van der Waals surface area contributed by atoms with Crippen molar-refractivity contribution < 1.29 is 17.6 Å². The van der Waals surface area contributed by atoms with Crippen molar-refractivity contribution in [3.05, 3.63) is 63.9 Å². The van der Waals surface area contributed by atoms with Gasteiger partial charge in [0.15, 0.2) is 0 Å². The van der Waals surface area contributed by atoms with Gasteiger partial charge in [0.25, 0.3) is 5.91 Å². The normalized spacial score (nSPS) is 15.9. The molecule has 0 saturated carbocycles. The lowest BCUT2D eigenvalue weighted by atomic mass is 10.1. The third-order valence-corrected chi connectivity index (χ3v) is 6.63. The largest absolute Gasteiger partial charge is 0.337 e. The Morgan fingerprint density at radius 3 is 2.54 bits per heavy atom. The Morgan fingerprint density at radius 2 is 1.92 bits per heavy atom. The Bertz CT molecular complexity index is 932. The van der Waals surface area contributed by atoms with Gasteiger partial charge in [-0.25, -0.2) is 12.8 Å². The molecule has 3 rings (SSSR count). The highest BCUT2D eigenvalue weighted by molar-refractivity contribution is 9.10. The molecule has 0 N–H and O–H groups in total. The van der Waals surface area contributed by atoms with Gasteiger partial charge in [-0.15, -0.1) is 0 Å². The minimum absolute atomic E-state index is 0.131. The Balaban J connectivity index is 1.74. The van der Waals surface area contributed by atoms with Gasteiger partial charge in [-0.2, -0.15) is 0 Å². The second kappa shape index (κ2) is 7.36. The number of nitrogens with zero attached hydrogens (tertiary/aromatic N) is 2. The predicted molar refractivity (Wildman–Crippen MR) is 102 cm³/mol. The molecule has 1 heterocycles. The lowest BCUT2D eigenvalue weighted by molar-refractivity contribution is 0.0784. The molecule has 0 radical (unpaired) electrons. The number of benzene rings is 2. The van der Waals surface area contributed by atoms with Crippen LogP contribution in [0.3, 0.4) is 0 Å².